The molecule has 1 fully saturated rings. The Balaban J connectivity index is 2.09. The average Bonchev–Trinajstić information content (AvgIpc) is 2.30. The number of benzene rings is 1. The van der Waals surface area contributed by atoms with Crippen LogP contribution >= 0.6 is 0 Å². The molecule has 0 radical (unpaired) electrons. The van der Waals surface area contributed by atoms with Crippen molar-refractivity contribution >= 4 is 11.6 Å². The number of nitrogens with one attached hydrogen (secondary N) is 1. The van der Waals surface area contributed by atoms with Gasteiger partial charge in [-0.1, -0.05) is 12.1 Å². The molecular formula is C12H18N4. The lowest BCUT2D eigenvalue weighted by atomic mass is 9.90. The zero-order valence-electron chi connectivity index (χ0n) is 9.32. The van der Waals surface area contributed by atoms with E-state index in [4.69, 9.17) is 11.5 Å². The normalized spacial score (nSPS) is 17.0. The van der Waals surface area contributed by atoms with Crippen molar-refractivity contribution in [1.29, 1.82) is 0 Å². The topological polar surface area (TPSA) is 76.4 Å². The van der Waals surface area contributed by atoms with Gasteiger partial charge in [0.15, 0.2) is 5.96 Å². The van der Waals surface area contributed by atoms with Gasteiger partial charge >= 0.3 is 0 Å². The van der Waals surface area contributed by atoms with Crippen LogP contribution in [0.2, 0.25) is 0 Å². The van der Waals surface area contributed by atoms with E-state index < -0.39 is 0 Å². The minimum absolute atomic E-state index is 0.106. The molecule has 1 saturated heterocycles. The van der Waals surface area contributed by atoms with Crippen LogP contribution in [0.15, 0.2) is 29.3 Å². The lowest BCUT2D eigenvalue weighted by Crippen LogP contribution is -2.26. The minimum atomic E-state index is 0.106. The Hall–Kier alpha value is -1.55. The van der Waals surface area contributed by atoms with E-state index in [0.717, 1.165) is 18.8 Å². The molecule has 0 saturated carbocycles. The average molecular weight is 218 g/mol. The summed E-state index contributed by atoms with van der Waals surface area (Å²) in [6.45, 7) is 2.22. The first-order chi connectivity index (χ1) is 7.75. The van der Waals surface area contributed by atoms with Crippen molar-refractivity contribution in [3.05, 3.63) is 29.8 Å². The molecule has 1 aliphatic rings. The number of hydrogen-bond acceptors (Lipinski definition) is 2. The van der Waals surface area contributed by atoms with E-state index in [0.29, 0.717) is 5.92 Å². The summed E-state index contributed by atoms with van der Waals surface area (Å²) in [6, 6.07) is 8.18. The molecule has 1 aliphatic heterocycles. The third-order valence-electron chi connectivity index (χ3n) is 2.96. The molecule has 4 heteroatoms. The maximum atomic E-state index is 5.32. The van der Waals surface area contributed by atoms with Gasteiger partial charge in [-0.05, 0) is 49.5 Å². The van der Waals surface area contributed by atoms with E-state index in [2.05, 4.69) is 22.4 Å². The summed E-state index contributed by atoms with van der Waals surface area (Å²) in [7, 11) is 0. The van der Waals surface area contributed by atoms with Crippen LogP contribution in [-0.4, -0.2) is 19.0 Å². The monoisotopic (exact) mass is 218 g/mol. The van der Waals surface area contributed by atoms with Gasteiger partial charge in [0.1, 0.15) is 0 Å². The van der Waals surface area contributed by atoms with Gasteiger partial charge in [-0.25, -0.2) is 4.99 Å². The minimum Gasteiger partial charge on any atom is -0.370 e. The molecule has 0 spiro atoms. The summed E-state index contributed by atoms with van der Waals surface area (Å²) in [5.41, 5.74) is 12.9. The van der Waals surface area contributed by atoms with E-state index in [9.17, 15) is 0 Å². The molecule has 0 atom stereocenters. The zero-order chi connectivity index (χ0) is 11.4. The van der Waals surface area contributed by atoms with Crippen molar-refractivity contribution in [2.75, 3.05) is 13.1 Å². The number of hydrogen-bond donors (Lipinski definition) is 3. The lowest BCUT2D eigenvalue weighted by molar-refractivity contribution is 0.460. The first-order valence-electron chi connectivity index (χ1n) is 5.66. The highest BCUT2D eigenvalue weighted by Gasteiger charge is 2.14. The molecule has 16 heavy (non-hydrogen) atoms. The van der Waals surface area contributed by atoms with Crippen LogP contribution in [0.5, 0.6) is 0 Å². The van der Waals surface area contributed by atoms with Crippen molar-refractivity contribution in [3.8, 4) is 0 Å². The van der Waals surface area contributed by atoms with Gasteiger partial charge in [0.2, 0.25) is 0 Å². The second kappa shape index (κ2) is 4.99. The molecule has 0 bridgehead atoms. The molecule has 0 aromatic heterocycles. The molecule has 86 valence electrons. The molecule has 0 amide bonds. The van der Waals surface area contributed by atoms with Crippen LogP contribution in [0, 0.1) is 0 Å². The number of nitrogens with two attached hydrogens (primary N) is 2. The number of piperidine rings is 1. The van der Waals surface area contributed by atoms with Crippen LogP contribution in [-0.2, 0) is 0 Å². The first-order valence-corrected chi connectivity index (χ1v) is 5.66. The summed E-state index contributed by atoms with van der Waals surface area (Å²) in [6.07, 6.45) is 2.42. The van der Waals surface area contributed by atoms with E-state index in [-0.39, 0.29) is 5.96 Å². The van der Waals surface area contributed by atoms with Gasteiger partial charge in [0.05, 0.1) is 5.69 Å². The predicted molar refractivity (Wildman–Crippen MR) is 66.8 cm³/mol. The Kier molecular flexibility index (Phi) is 3.41. The summed E-state index contributed by atoms with van der Waals surface area (Å²) >= 11 is 0. The highest BCUT2D eigenvalue weighted by molar-refractivity contribution is 5.78. The second-order valence-corrected chi connectivity index (χ2v) is 4.15. The zero-order valence-corrected chi connectivity index (χ0v) is 9.32. The summed E-state index contributed by atoms with van der Waals surface area (Å²) in [4.78, 5) is 4.01. The number of nitrogens with zero attached hydrogens (tertiary/aromatic N) is 1. The second-order valence-electron chi connectivity index (χ2n) is 4.15. The highest BCUT2D eigenvalue weighted by atomic mass is 15.0. The molecule has 2 rings (SSSR count). The van der Waals surface area contributed by atoms with E-state index in [1.165, 1.54) is 18.4 Å². The Bertz CT molecular complexity index is 359. The van der Waals surface area contributed by atoms with Gasteiger partial charge in [0, 0.05) is 0 Å². The van der Waals surface area contributed by atoms with Gasteiger partial charge in [-0.2, -0.15) is 0 Å². The SMILES string of the molecule is NC(N)=Nc1ccc(C2CCNCC2)cc1. The van der Waals surface area contributed by atoms with Gasteiger partial charge in [0.25, 0.3) is 0 Å². The molecule has 1 aromatic rings. The largest absolute Gasteiger partial charge is 0.370 e. The van der Waals surface area contributed by atoms with Crippen LogP contribution in [0.3, 0.4) is 0 Å². The molecular weight excluding hydrogens is 200 g/mol. The Morgan fingerprint density at radius 2 is 1.75 bits per heavy atom. The van der Waals surface area contributed by atoms with E-state index in [1.54, 1.807) is 0 Å². The number of guanidine groups is 1. The lowest BCUT2D eigenvalue weighted by Gasteiger charge is -2.22. The van der Waals surface area contributed by atoms with Gasteiger partial charge < -0.3 is 16.8 Å². The third-order valence-corrected chi connectivity index (χ3v) is 2.96. The van der Waals surface area contributed by atoms with E-state index in [1.807, 2.05) is 12.1 Å². The van der Waals surface area contributed by atoms with E-state index >= 15 is 0 Å². The molecule has 5 N–H and O–H groups in total. The Morgan fingerprint density at radius 1 is 1.12 bits per heavy atom. The van der Waals surface area contributed by atoms with Gasteiger partial charge in [-0.15, -0.1) is 0 Å². The van der Waals surface area contributed by atoms with Crippen LogP contribution in [0.1, 0.15) is 24.3 Å². The smallest absolute Gasteiger partial charge is 0.191 e. The fraction of sp³-hybridized carbons (Fsp3) is 0.417. The fourth-order valence-electron chi connectivity index (χ4n) is 2.13. The summed E-state index contributed by atoms with van der Waals surface area (Å²) in [5, 5.41) is 3.37. The van der Waals surface area contributed by atoms with Crippen molar-refractivity contribution in [2.45, 2.75) is 18.8 Å². The molecule has 1 aromatic carbocycles. The fourth-order valence-corrected chi connectivity index (χ4v) is 2.13. The quantitative estimate of drug-likeness (QED) is 0.513. The number of aliphatic imine (C=N–C) groups is 1. The number of rotatable bonds is 2. The Labute approximate surface area is 95.7 Å². The summed E-state index contributed by atoms with van der Waals surface area (Å²) in [5.74, 6) is 0.782. The van der Waals surface area contributed by atoms with Crippen molar-refractivity contribution in [3.63, 3.8) is 0 Å². The maximum absolute atomic E-state index is 5.32. The van der Waals surface area contributed by atoms with Crippen molar-refractivity contribution < 1.29 is 0 Å². The molecule has 0 unspecified atom stereocenters. The van der Waals surface area contributed by atoms with Crippen LogP contribution < -0.4 is 16.8 Å². The van der Waals surface area contributed by atoms with Crippen LogP contribution in [0.4, 0.5) is 5.69 Å². The van der Waals surface area contributed by atoms with Crippen molar-refractivity contribution in [2.24, 2.45) is 16.5 Å². The Morgan fingerprint density at radius 3 is 2.31 bits per heavy atom. The standard InChI is InChI=1S/C12H18N4/c13-12(14)16-11-3-1-9(2-4-11)10-5-7-15-8-6-10/h1-4,10,15H,5-8H2,(H4,13,14,16). The first kappa shape index (κ1) is 11.0. The highest BCUT2D eigenvalue weighted by Crippen LogP contribution is 2.26. The maximum Gasteiger partial charge on any atom is 0.191 e. The van der Waals surface area contributed by atoms with Gasteiger partial charge in [-0.3, -0.25) is 0 Å². The molecule has 1 heterocycles. The third kappa shape index (κ3) is 2.73. The molecule has 4 nitrogen and oxygen atoms in total. The molecule has 0 aliphatic carbocycles. The van der Waals surface area contributed by atoms with Crippen LogP contribution in [0.25, 0.3) is 0 Å². The predicted octanol–water partition coefficient (Wildman–Crippen LogP) is 1.06. The van der Waals surface area contributed by atoms with Crippen molar-refractivity contribution in [1.82, 2.24) is 5.32 Å². The summed E-state index contributed by atoms with van der Waals surface area (Å²) < 4.78 is 0.